The number of ether oxygens (including phenoxy) is 1. The summed E-state index contributed by atoms with van der Waals surface area (Å²) in [4.78, 5) is 12.5. The molecular formula is C20H20N4O. The van der Waals surface area contributed by atoms with E-state index in [0.717, 1.165) is 34.4 Å². The van der Waals surface area contributed by atoms with E-state index in [9.17, 15) is 0 Å². The Morgan fingerprint density at radius 2 is 1.64 bits per heavy atom. The van der Waals surface area contributed by atoms with E-state index in [-0.39, 0.29) is 0 Å². The average molecular weight is 332 g/mol. The van der Waals surface area contributed by atoms with Crippen LogP contribution in [0, 0.1) is 0 Å². The van der Waals surface area contributed by atoms with Crippen molar-refractivity contribution in [2.24, 2.45) is 5.73 Å². The smallest absolute Gasteiger partial charge is 0.138 e. The van der Waals surface area contributed by atoms with Crippen LogP contribution in [0.4, 0.5) is 0 Å². The normalized spacial score (nSPS) is 11.3. The van der Waals surface area contributed by atoms with Crippen LogP contribution in [0.1, 0.15) is 23.1 Å². The molecule has 0 spiro atoms. The quantitative estimate of drug-likeness (QED) is 0.673. The van der Waals surface area contributed by atoms with E-state index in [1.807, 2.05) is 36.5 Å². The van der Waals surface area contributed by atoms with Crippen molar-refractivity contribution < 1.29 is 4.74 Å². The Kier molecular flexibility index (Phi) is 5.85. The number of hydrogen-bond acceptors (Lipinski definition) is 5. The van der Waals surface area contributed by atoms with Gasteiger partial charge >= 0.3 is 0 Å². The second-order valence-electron chi connectivity index (χ2n) is 5.47. The summed E-state index contributed by atoms with van der Waals surface area (Å²) in [5.74, 6) is 0.737. The van der Waals surface area contributed by atoms with E-state index in [1.165, 1.54) is 0 Å². The van der Waals surface area contributed by atoms with E-state index >= 15 is 0 Å². The van der Waals surface area contributed by atoms with Crippen molar-refractivity contribution in [2.75, 3.05) is 13.2 Å². The van der Waals surface area contributed by atoms with Crippen LogP contribution in [0.3, 0.4) is 0 Å². The van der Waals surface area contributed by atoms with Crippen molar-refractivity contribution in [3.63, 3.8) is 0 Å². The number of pyridine rings is 3. The molecule has 3 aromatic rings. The van der Waals surface area contributed by atoms with Crippen molar-refractivity contribution in [2.45, 2.75) is 6.42 Å². The van der Waals surface area contributed by atoms with Crippen LogP contribution in [0.25, 0.3) is 11.6 Å². The van der Waals surface area contributed by atoms with E-state index in [0.29, 0.717) is 13.2 Å². The second-order valence-corrected chi connectivity index (χ2v) is 5.47. The first kappa shape index (κ1) is 16.8. The lowest BCUT2D eigenvalue weighted by molar-refractivity contribution is 0.312. The molecule has 25 heavy (non-hydrogen) atoms. The number of nitrogens with zero attached hydrogens (tertiary/aromatic N) is 3. The Labute approximate surface area is 147 Å². The molecule has 0 aliphatic rings. The Morgan fingerprint density at radius 3 is 2.36 bits per heavy atom. The van der Waals surface area contributed by atoms with Gasteiger partial charge in [0.15, 0.2) is 0 Å². The lowest BCUT2D eigenvalue weighted by Crippen LogP contribution is -2.06. The van der Waals surface area contributed by atoms with Gasteiger partial charge in [-0.25, -0.2) is 0 Å². The van der Waals surface area contributed by atoms with Gasteiger partial charge in [-0.3, -0.25) is 15.0 Å². The topological polar surface area (TPSA) is 73.9 Å². The molecule has 126 valence electrons. The highest BCUT2D eigenvalue weighted by Crippen LogP contribution is 2.27. The van der Waals surface area contributed by atoms with Gasteiger partial charge < -0.3 is 10.5 Å². The summed E-state index contributed by atoms with van der Waals surface area (Å²) in [6.45, 7) is 1.19. The molecule has 0 bridgehead atoms. The molecule has 3 aromatic heterocycles. The standard InChI is InChI=1S/C20H20N4O/c21-6-1-11-25-19-13-18(14-24-15-19)20(17-4-9-23-10-5-17)12-16-2-7-22-8-3-16/h2-5,7-10,12-15H,1,6,11,21H2. The van der Waals surface area contributed by atoms with E-state index in [1.54, 1.807) is 31.0 Å². The van der Waals surface area contributed by atoms with Gasteiger partial charge in [0.25, 0.3) is 0 Å². The molecule has 3 rings (SSSR count). The molecule has 0 amide bonds. The van der Waals surface area contributed by atoms with Gasteiger partial charge in [0.05, 0.1) is 12.8 Å². The van der Waals surface area contributed by atoms with Crippen LogP contribution in [-0.4, -0.2) is 28.1 Å². The molecule has 0 aliphatic heterocycles. The minimum absolute atomic E-state index is 0.584. The summed E-state index contributed by atoms with van der Waals surface area (Å²) in [6, 6.07) is 9.90. The maximum absolute atomic E-state index is 5.73. The van der Waals surface area contributed by atoms with Gasteiger partial charge in [-0.2, -0.15) is 0 Å². The number of hydrogen-bond donors (Lipinski definition) is 1. The van der Waals surface area contributed by atoms with Crippen LogP contribution in [0.15, 0.2) is 67.5 Å². The molecule has 5 heteroatoms. The van der Waals surface area contributed by atoms with Crippen LogP contribution in [-0.2, 0) is 0 Å². The first-order valence-electron chi connectivity index (χ1n) is 8.17. The summed E-state index contributed by atoms with van der Waals surface area (Å²) in [5, 5.41) is 0. The zero-order valence-electron chi connectivity index (χ0n) is 13.9. The first-order valence-corrected chi connectivity index (χ1v) is 8.17. The predicted molar refractivity (Wildman–Crippen MR) is 98.9 cm³/mol. The Bertz CT molecular complexity index is 819. The Balaban J connectivity index is 1.98. The second kappa shape index (κ2) is 8.70. The van der Waals surface area contributed by atoms with Gasteiger partial charge in [0, 0.05) is 36.5 Å². The summed E-state index contributed by atoms with van der Waals surface area (Å²) >= 11 is 0. The molecule has 0 aliphatic carbocycles. The third kappa shape index (κ3) is 4.71. The number of aromatic nitrogens is 3. The number of rotatable bonds is 7. The van der Waals surface area contributed by atoms with Crippen LogP contribution < -0.4 is 10.5 Å². The molecular weight excluding hydrogens is 312 g/mol. The van der Waals surface area contributed by atoms with Crippen LogP contribution in [0.5, 0.6) is 5.75 Å². The summed E-state index contributed by atoms with van der Waals surface area (Å²) in [7, 11) is 0. The summed E-state index contributed by atoms with van der Waals surface area (Å²) in [6.07, 6.45) is 13.6. The van der Waals surface area contributed by atoms with Crippen molar-refractivity contribution in [1.29, 1.82) is 0 Å². The fourth-order valence-electron chi connectivity index (χ4n) is 2.41. The van der Waals surface area contributed by atoms with Crippen molar-refractivity contribution >= 4 is 11.6 Å². The van der Waals surface area contributed by atoms with Gasteiger partial charge in [-0.15, -0.1) is 0 Å². The van der Waals surface area contributed by atoms with E-state index in [4.69, 9.17) is 10.5 Å². The maximum Gasteiger partial charge on any atom is 0.138 e. The van der Waals surface area contributed by atoms with Crippen molar-refractivity contribution in [3.8, 4) is 5.75 Å². The third-order valence-electron chi connectivity index (χ3n) is 3.65. The third-order valence-corrected chi connectivity index (χ3v) is 3.65. The molecule has 0 unspecified atom stereocenters. The summed E-state index contributed by atoms with van der Waals surface area (Å²) in [5.41, 5.74) is 9.67. The summed E-state index contributed by atoms with van der Waals surface area (Å²) < 4.78 is 5.73. The molecule has 0 saturated heterocycles. The molecule has 5 nitrogen and oxygen atoms in total. The first-order chi connectivity index (χ1) is 12.4. The molecule has 3 heterocycles. The monoisotopic (exact) mass is 332 g/mol. The Morgan fingerprint density at radius 1 is 0.920 bits per heavy atom. The van der Waals surface area contributed by atoms with Gasteiger partial charge in [-0.1, -0.05) is 0 Å². The van der Waals surface area contributed by atoms with Crippen LogP contribution in [0.2, 0.25) is 0 Å². The van der Waals surface area contributed by atoms with Crippen molar-refractivity contribution in [3.05, 3.63) is 84.2 Å². The molecule has 0 saturated carbocycles. The highest BCUT2D eigenvalue weighted by atomic mass is 16.5. The molecule has 0 radical (unpaired) electrons. The van der Waals surface area contributed by atoms with Crippen molar-refractivity contribution in [1.82, 2.24) is 15.0 Å². The lowest BCUT2D eigenvalue weighted by Gasteiger charge is -2.11. The zero-order chi connectivity index (χ0) is 17.3. The fourth-order valence-corrected chi connectivity index (χ4v) is 2.41. The molecule has 0 aromatic carbocycles. The maximum atomic E-state index is 5.73. The van der Waals surface area contributed by atoms with E-state index < -0.39 is 0 Å². The highest BCUT2D eigenvalue weighted by Gasteiger charge is 2.08. The minimum atomic E-state index is 0.584. The SMILES string of the molecule is NCCCOc1cncc(C(=Cc2ccncc2)c2ccncc2)c1. The molecule has 0 fully saturated rings. The molecule has 2 N–H and O–H groups in total. The van der Waals surface area contributed by atoms with Crippen LogP contribution >= 0.6 is 0 Å². The zero-order valence-corrected chi connectivity index (χ0v) is 13.9. The van der Waals surface area contributed by atoms with Gasteiger partial charge in [0.2, 0.25) is 0 Å². The highest BCUT2D eigenvalue weighted by molar-refractivity contribution is 5.91. The van der Waals surface area contributed by atoms with E-state index in [2.05, 4.69) is 21.0 Å². The lowest BCUT2D eigenvalue weighted by atomic mass is 9.98. The van der Waals surface area contributed by atoms with Gasteiger partial charge in [0.1, 0.15) is 5.75 Å². The van der Waals surface area contributed by atoms with Gasteiger partial charge in [-0.05, 0) is 66.1 Å². The predicted octanol–water partition coefficient (Wildman–Crippen LogP) is 3.19. The molecule has 0 atom stereocenters. The minimum Gasteiger partial charge on any atom is -0.492 e. The Hall–Kier alpha value is -3.05. The fraction of sp³-hybridized carbons (Fsp3) is 0.150. The largest absolute Gasteiger partial charge is 0.492 e. The number of nitrogens with two attached hydrogens (primary N) is 1. The average Bonchev–Trinajstić information content (AvgIpc) is 2.68.